The molecule has 57 valence electrons. The first-order chi connectivity index (χ1) is 4.63. The maximum Gasteiger partial charge on any atom is 0.203 e. The van der Waals surface area contributed by atoms with E-state index in [2.05, 4.69) is 0 Å². The molecule has 1 rings (SSSR count). The number of hydrogen-bond acceptors (Lipinski definition) is 1. The van der Waals surface area contributed by atoms with Gasteiger partial charge in [0.15, 0.2) is 17.4 Å². The lowest BCUT2D eigenvalue weighted by atomic mass is 10.3. The first kappa shape index (κ1) is 9.87. The fraction of sp³-hybridized carbons (Fsp3) is 0. The highest BCUT2D eigenvalue weighted by Gasteiger charge is 2.11. The highest BCUT2D eigenvalue weighted by Crippen LogP contribution is 2.19. The lowest BCUT2D eigenvalue weighted by Gasteiger charge is -1.95. The number of aromatic hydroxyl groups is 1. The van der Waals surface area contributed by atoms with Gasteiger partial charge in [0, 0.05) is 8.41 Å². The molecule has 5 heteroatoms. The molecule has 0 unspecified atom stereocenters. The molecule has 1 N–H and O–H groups in total. The summed E-state index contributed by atoms with van der Waals surface area (Å²) >= 11 is 0. The fourth-order valence-electron chi connectivity index (χ4n) is 0.516. The van der Waals surface area contributed by atoms with Crippen molar-refractivity contribution in [1.29, 1.82) is 0 Å². The first-order valence-corrected chi connectivity index (χ1v) is 2.45. The van der Waals surface area contributed by atoms with Crippen molar-refractivity contribution in [1.82, 2.24) is 0 Å². The molecule has 0 aliphatic rings. The maximum absolute atomic E-state index is 12.1. The minimum absolute atomic E-state index is 0. The van der Waals surface area contributed by atoms with Gasteiger partial charge in [-0.25, -0.2) is 8.78 Å². The number of rotatable bonds is 0. The Bertz CT molecular complexity index is 237. The van der Waals surface area contributed by atoms with Crippen molar-refractivity contribution < 1.29 is 18.3 Å². The summed E-state index contributed by atoms with van der Waals surface area (Å²) in [6.07, 6.45) is 0. The van der Waals surface area contributed by atoms with Crippen LogP contribution in [0.4, 0.5) is 13.2 Å². The predicted molar refractivity (Wildman–Crippen MR) is 33.7 cm³/mol. The number of benzene rings is 1. The molecule has 0 fully saturated rings. The second-order valence-corrected chi connectivity index (χ2v) is 1.69. The van der Waals surface area contributed by atoms with Gasteiger partial charge >= 0.3 is 0 Å². The van der Waals surface area contributed by atoms with E-state index in [1.54, 1.807) is 0 Å². The average molecular weight is 159 g/mol. The van der Waals surface area contributed by atoms with Crippen LogP contribution in [0.25, 0.3) is 0 Å². The molecule has 1 aromatic carbocycles. The molecular weight excluding hydrogens is 156 g/mol. The predicted octanol–water partition coefficient (Wildman–Crippen LogP) is 1.43. The van der Waals surface area contributed by atoms with Crippen LogP contribution in [0.5, 0.6) is 5.75 Å². The Balaban J connectivity index is 0.000001000. The second-order valence-electron chi connectivity index (χ2n) is 1.69. The lowest BCUT2D eigenvalue weighted by Crippen LogP contribution is -1.88. The van der Waals surface area contributed by atoms with E-state index in [-0.39, 0.29) is 8.41 Å². The van der Waals surface area contributed by atoms with Crippen molar-refractivity contribution in [2.24, 2.45) is 0 Å². The van der Waals surface area contributed by atoms with Gasteiger partial charge in [-0.2, -0.15) is 4.39 Å². The molecule has 0 aliphatic heterocycles. The summed E-state index contributed by atoms with van der Waals surface area (Å²) < 4.78 is 36.2. The zero-order valence-electron chi connectivity index (χ0n) is 5.31. The summed E-state index contributed by atoms with van der Waals surface area (Å²) in [7, 11) is 0. The van der Waals surface area contributed by atoms with E-state index >= 15 is 0 Å². The van der Waals surface area contributed by atoms with Gasteiger partial charge < -0.3 is 5.11 Å². The summed E-state index contributed by atoms with van der Waals surface area (Å²) in [5.41, 5.74) is 0. The SMILES string of the molecule is Oc1ccc(F)c(F)c1F.[B]. The minimum atomic E-state index is -1.65. The Labute approximate surface area is 63.0 Å². The van der Waals surface area contributed by atoms with Crippen molar-refractivity contribution in [3.63, 3.8) is 0 Å². The number of halogens is 3. The Morgan fingerprint density at radius 3 is 2.00 bits per heavy atom. The molecule has 0 aromatic heterocycles. The van der Waals surface area contributed by atoms with Gasteiger partial charge in [0.1, 0.15) is 0 Å². The highest BCUT2D eigenvalue weighted by atomic mass is 19.2. The van der Waals surface area contributed by atoms with Crippen LogP contribution in [0.15, 0.2) is 12.1 Å². The van der Waals surface area contributed by atoms with E-state index < -0.39 is 23.2 Å². The van der Waals surface area contributed by atoms with Crippen LogP contribution < -0.4 is 0 Å². The van der Waals surface area contributed by atoms with E-state index in [1.165, 1.54) is 0 Å². The molecule has 0 saturated heterocycles. The van der Waals surface area contributed by atoms with Gasteiger partial charge in [0.05, 0.1) is 0 Å². The smallest absolute Gasteiger partial charge is 0.203 e. The summed E-state index contributed by atoms with van der Waals surface area (Å²) in [5.74, 6) is -5.41. The zero-order valence-corrected chi connectivity index (χ0v) is 5.31. The van der Waals surface area contributed by atoms with E-state index in [1.807, 2.05) is 0 Å². The van der Waals surface area contributed by atoms with Gasteiger partial charge in [0.2, 0.25) is 5.82 Å². The van der Waals surface area contributed by atoms with E-state index in [4.69, 9.17) is 5.11 Å². The van der Waals surface area contributed by atoms with Gasteiger partial charge in [0.25, 0.3) is 0 Å². The standard InChI is InChI=1S/C6H3F3O.B/c7-3-1-2-4(10)6(9)5(3)8;/h1-2,10H;. The summed E-state index contributed by atoms with van der Waals surface area (Å²) in [5, 5.41) is 8.44. The molecular formula is C6H3BF3O. The zero-order chi connectivity index (χ0) is 7.72. The van der Waals surface area contributed by atoms with E-state index in [0.29, 0.717) is 6.07 Å². The third-order valence-electron chi connectivity index (χ3n) is 1.01. The van der Waals surface area contributed by atoms with Crippen LogP contribution in [-0.2, 0) is 0 Å². The molecule has 11 heavy (non-hydrogen) atoms. The third-order valence-corrected chi connectivity index (χ3v) is 1.01. The van der Waals surface area contributed by atoms with Crippen molar-refractivity contribution in [2.75, 3.05) is 0 Å². The van der Waals surface area contributed by atoms with Crippen molar-refractivity contribution in [3.8, 4) is 5.75 Å². The largest absolute Gasteiger partial charge is 0.505 e. The van der Waals surface area contributed by atoms with Crippen LogP contribution in [0, 0.1) is 17.5 Å². The number of phenols is 1. The molecule has 0 atom stereocenters. The van der Waals surface area contributed by atoms with Crippen molar-refractivity contribution in [2.45, 2.75) is 0 Å². The van der Waals surface area contributed by atoms with Crippen LogP contribution in [0.1, 0.15) is 0 Å². The molecule has 0 spiro atoms. The third kappa shape index (κ3) is 1.66. The average Bonchev–Trinajstić information content (AvgIpc) is 1.93. The summed E-state index contributed by atoms with van der Waals surface area (Å²) in [4.78, 5) is 0. The second kappa shape index (κ2) is 3.32. The van der Waals surface area contributed by atoms with E-state index in [9.17, 15) is 13.2 Å². The summed E-state index contributed by atoms with van der Waals surface area (Å²) in [6, 6.07) is 1.39. The van der Waals surface area contributed by atoms with Crippen LogP contribution >= 0.6 is 0 Å². The van der Waals surface area contributed by atoms with Gasteiger partial charge in [-0.1, -0.05) is 0 Å². The lowest BCUT2D eigenvalue weighted by molar-refractivity contribution is 0.387. The molecule has 0 heterocycles. The monoisotopic (exact) mass is 159 g/mol. The van der Waals surface area contributed by atoms with Crippen LogP contribution in [0.3, 0.4) is 0 Å². The molecule has 0 bridgehead atoms. The van der Waals surface area contributed by atoms with Crippen molar-refractivity contribution >= 4 is 8.41 Å². The molecule has 1 aromatic rings. The van der Waals surface area contributed by atoms with Crippen LogP contribution in [-0.4, -0.2) is 13.5 Å². The highest BCUT2D eigenvalue weighted by molar-refractivity contribution is 5.75. The van der Waals surface area contributed by atoms with Crippen LogP contribution in [0.2, 0.25) is 0 Å². The molecule has 0 aliphatic carbocycles. The molecule has 0 saturated carbocycles. The topological polar surface area (TPSA) is 20.2 Å². The van der Waals surface area contributed by atoms with Crippen molar-refractivity contribution in [3.05, 3.63) is 29.6 Å². The Hall–Kier alpha value is -1.13. The molecule has 0 amide bonds. The summed E-state index contributed by atoms with van der Waals surface area (Å²) in [6.45, 7) is 0. The van der Waals surface area contributed by atoms with Gasteiger partial charge in [-0.15, -0.1) is 0 Å². The first-order valence-electron chi connectivity index (χ1n) is 2.45. The Morgan fingerprint density at radius 2 is 1.55 bits per heavy atom. The molecule has 1 nitrogen and oxygen atoms in total. The fourth-order valence-corrected chi connectivity index (χ4v) is 0.516. The Kier molecular flexibility index (Phi) is 2.98. The van der Waals surface area contributed by atoms with Gasteiger partial charge in [-0.05, 0) is 12.1 Å². The minimum Gasteiger partial charge on any atom is -0.505 e. The quantitative estimate of drug-likeness (QED) is 0.448. The normalized spacial score (nSPS) is 9.00. The van der Waals surface area contributed by atoms with E-state index in [0.717, 1.165) is 6.07 Å². The number of phenolic OH excluding ortho intramolecular Hbond substituents is 1. The maximum atomic E-state index is 12.1. The number of hydrogen-bond donors (Lipinski definition) is 1. The van der Waals surface area contributed by atoms with Gasteiger partial charge in [-0.3, -0.25) is 0 Å². The molecule has 3 radical (unpaired) electrons. The Morgan fingerprint density at radius 1 is 1.00 bits per heavy atom.